The van der Waals surface area contributed by atoms with E-state index in [2.05, 4.69) is 49.9 Å². The van der Waals surface area contributed by atoms with E-state index < -0.39 is 0 Å². The van der Waals surface area contributed by atoms with E-state index in [9.17, 15) is 4.79 Å². The van der Waals surface area contributed by atoms with Crippen LogP contribution in [-0.4, -0.2) is 30.4 Å². The number of nitrogens with two attached hydrogens (primary N) is 1. The molecule has 23 heavy (non-hydrogen) atoms. The van der Waals surface area contributed by atoms with Crippen LogP contribution in [0.2, 0.25) is 0 Å². The number of likely N-dealkylation sites (tertiary alicyclic amines) is 1. The van der Waals surface area contributed by atoms with Crippen LogP contribution in [0, 0.1) is 12.3 Å². The Morgan fingerprint density at radius 3 is 2.26 bits per heavy atom. The molecule has 0 aliphatic carbocycles. The van der Waals surface area contributed by atoms with Crippen molar-refractivity contribution in [1.29, 1.82) is 0 Å². The second-order valence-electron chi connectivity index (χ2n) is 6.61. The summed E-state index contributed by atoms with van der Waals surface area (Å²) in [6, 6.07) is 8.63. The van der Waals surface area contributed by atoms with Gasteiger partial charge in [0.2, 0.25) is 5.91 Å². The van der Waals surface area contributed by atoms with Crippen LogP contribution in [0.1, 0.15) is 56.6 Å². The van der Waals surface area contributed by atoms with Gasteiger partial charge in [-0.25, -0.2) is 0 Å². The fourth-order valence-electron chi connectivity index (χ4n) is 3.70. The second kappa shape index (κ2) is 8.70. The van der Waals surface area contributed by atoms with Crippen molar-refractivity contribution in [3.63, 3.8) is 0 Å². The molecule has 0 saturated carbocycles. The standard InChI is InChI=1S/C19H30N2O.ClH/c1-4-19(5-2,14-20)18(22)21-12-10-16(11-13-21)17-9-7-6-8-15(17)3;/h6-9,16H,4-5,10-14,20H2,1-3H3;1H. The van der Waals surface area contributed by atoms with E-state index in [1.165, 1.54) is 11.1 Å². The lowest BCUT2D eigenvalue weighted by Gasteiger charge is -2.39. The van der Waals surface area contributed by atoms with E-state index >= 15 is 0 Å². The molecular formula is C19H31ClN2O. The average molecular weight is 339 g/mol. The SMILES string of the molecule is CCC(CC)(CN)C(=O)N1CCC(c2ccccc2C)CC1.Cl. The first-order valence-corrected chi connectivity index (χ1v) is 8.63. The molecule has 0 aromatic heterocycles. The molecule has 130 valence electrons. The third-order valence-electron chi connectivity index (χ3n) is 5.61. The van der Waals surface area contributed by atoms with Crippen molar-refractivity contribution in [2.24, 2.45) is 11.1 Å². The molecule has 3 nitrogen and oxygen atoms in total. The second-order valence-corrected chi connectivity index (χ2v) is 6.61. The van der Waals surface area contributed by atoms with Crippen LogP contribution in [-0.2, 0) is 4.79 Å². The third-order valence-corrected chi connectivity index (χ3v) is 5.61. The first-order valence-electron chi connectivity index (χ1n) is 8.63. The summed E-state index contributed by atoms with van der Waals surface area (Å²) in [5.74, 6) is 0.851. The number of benzene rings is 1. The summed E-state index contributed by atoms with van der Waals surface area (Å²) < 4.78 is 0. The first kappa shape index (κ1) is 20.0. The van der Waals surface area contributed by atoms with Gasteiger partial charge in [-0.15, -0.1) is 12.4 Å². The fraction of sp³-hybridized carbons (Fsp3) is 0.632. The predicted octanol–water partition coefficient (Wildman–Crippen LogP) is 3.89. The quantitative estimate of drug-likeness (QED) is 0.885. The van der Waals surface area contributed by atoms with Crippen molar-refractivity contribution in [2.75, 3.05) is 19.6 Å². The molecule has 1 aromatic carbocycles. The van der Waals surface area contributed by atoms with Crippen molar-refractivity contribution in [3.8, 4) is 0 Å². The number of aryl methyl sites for hydroxylation is 1. The van der Waals surface area contributed by atoms with Gasteiger partial charge in [-0.05, 0) is 49.7 Å². The molecule has 1 amide bonds. The lowest BCUT2D eigenvalue weighted by molar-refractivity contribution is -0.143. The summed E-state index contributed by atoms with van der Waals surface area (Å²) in [6.45, 7) is 8.51. The Morgan fingerprint density at radius 1 is 1.22 bits per heavy atom. The average Bonchev–Trinajstić information content (AvgIpc) is 2.57. The molecule has 1 aliphatic rings. The van der Waals surface area contributed by atoms with Crippen LogP contribution in [0.4, 0.5) is 0 Å². The molecule has 0 spiro atoms. The predicted molar refractivity (Wildman–Crippen MR) is 99.1 cm³/mol. The Morgan fingerprint density at radius 2 is 1.78 bits per heavy atom. The Bertz CT molecular complexity index is 498. The number of halogens is 1. The first-order chi connectivity index (χ1) is 10.6. The maximum atomic E-state index is 12.9. The largest absolute Gasteiger partial charge is 0.342 e. The molecule has 1 fully saturated rings. The Labute approximate surface area is 147 Å². The molecule has 1 heterocycles. The minimum atomic E-state index is -0.352. The summed E-state index contributed by atoms with van der Waals surface area (Å²) in [4.78, 5) is 14.9. The van der Waals surface area contributed by atoms with E-state index in [0.29, 0.717) is 12.5 Å². The molecule has 1 aromatic rings. The fourth-order valence-corrected chi connectivity index (χ4v) is 3.70. The highest BCUT2D eigenvalue weighted by Crippen LogP contribution is 2.33. The maximum Gasteiger partial charge on any atom is 0.230 e. The summed E-state index contributed by atoms with van der Waals surface area (Å²) in [6.07, 6.45) is 3.78. The van der Waals surface area contributed by atoms with Gasteiger partial charge in [-0.2, -0.15) is 0 Å². The number of carbonyl (C=O) groups excluding carboxylic acids is 1. The van der Waals surface area contributed by atoms with Crippen molar-refractivity contribution in [2.45, 2.75) is 52.4 Å². The highest BCUT2D eigenvalue weighted by molar-refractivity contribution is 5.85. The van der Waals surface area contributed by atoms with Crippen molar-refractivity contribution < 1.29 is 4.79 Å². The van der Waals surface area contributed by atoms with Gasteiger partial charge >= 0.3 is 0 Å². The molecule has 0 unspecified atom stereocenters. The van der Waals surface area contributed by atoms with Gasteiger partial charge in [0.05, 0.1) is 5.41 Å². The molecule has 0 atom stereocenters. The zero-order chi connectivity index (χ0) is 16.2. The zero-order valence-electron chi connectivity index (χ0n) is 14.7. The smallest absolute Gasteiger partial charge is 0.230 e. The lowest BCUT2D eigenvalue weighted by Crippen LogP contribution is -2.49. The normalized spacial score (nSPS) is 16.1. The van der Waals surface area contributed by atoms with Crippen LogP contribution in [0.5, 0.6) is 0 Å². The molecule has 2 rings (SSSR count). The van der Waals surface area contributed by atoms with Gasteiger partial charge in [0.1, 0.15) is 0 Å². The van der Waals surface area contributed by atoms with E-state index in [4.69, 9.17) is 5.73 Å². The number of amides is 1. The molecule has 0 radical (unpaired) electrons. The summed E-state index contributed by atoms with van der Waals surface area (Å²) in [5, 5.41) is 0. The Kier molecular flexibility index (Phi) is 7.56. The minimum Gasteiger partial charge on any atom is -0.342 e. The maximum absolute atomic E-state index is 12.9. The number of hydrogen-bond donors (Lipinski definition) is 1. The third kappa shape index (κ3) is 4.07. The topological polar surface area (TPSA) is 46.3 Å². The molecular weight excluding hydrogens is 308 g/mol. The van der Waals surface area contributed by atoms with E-state index in [1.54, 1.807) is 0 Å². The van der Waals surface area contributed by atoms with Gasteiger partial charge in [0.25, 0.3) is 0 Å². The highest BCUT2D eigenvalue weighted by atomic mass is 35.5. The van der Waals surface area contributed by atoms with Gasteiger partial charge < -0.3 is 10.6 Å². The molecule has 2 N–H and O–H groups in total. The summed E-state index contributed by atoms with van der Waals surface area (Å²) in [5.41, 5.74) is 8.39. The lowest BCUT2D eigenvalue weighted by atomic mass is 9.79. The highest BCUT2D eigenvalue weighted by Gasteiger charge is 2.38. The zero-order valence-corrected chi connectivity index (χ0v) is 15.5. The van der Waals surface area contributed by atoms with Crippen LogP contribution in [0.3, 0.4) is 0 Å². The van der Waals surface area contributed by atoms with Crippen molar-refractivity contribution >= 4 is 18.3 Å². The summed E-state index contributed by atoms with van der Waals surface area (Å²) in [7, 11) is 0. The molecule has 0 bridgehead atoms. The van der Waals surface area contributed by atoms with Gasteiger partial charge in [-0.3, -0.25) is 4.79 Å². The summed E-state index contributed by atoms with van der Waals surface area (Å²) >= 11 is 0. The van der Waals surface area contributed by atoms with Crippen LogP contribution in [0.15, 0.2) is 24.3 Å². The Balaban J connectivity index is 0.00000264. The molecule has 1 saturated heterocycles. The van der Waals surface area contributed by atoms with E-state index in [0.717, 1.165) is 38.8 Å². The Hall–Kier alpha value is -1.06. The number of carbonyl (C=O) groups is 1. The van der Waals surface area contributed by atoms with E-state index in [1.807, 2.05) is 0 Å². The van der Waals surface area contributed by atoms with Crippen LogP contribution >= 0.6 is 12.4 Å². The minimum absolute atomic E-state index is 0. The monoisotopic (exact) mass is 338 g/mol. The van der Waals surface area contributed by atoms with Crippen LogP contribution < -0.4 is 5.73 Å². The number of nitrogens with zero attached hydrogens (tertiary/aromatic N) is 1. The number of rotatable bonds is 5. The van der Waals surface area contributed by atoms with Crippen LogP contribution in [0.25, 0.3) is 0 Å². The van der Waals surface area contributed by atoms with Gasteiger partial charge in [0, 0.05) is 19.6 Å². The van der Waals surface area contributed by atoms with Gasteiger partial charge in [-0.1, -0.05) is 38.1 Å². The van der Waals surface area contributed by atoms with Gasteiger partial charge in [0.15, 0.2) is 0 Å². The number of piperidine rings is 1. The van der Waals surface area contributed by atoms with E-state index in [-0.39, 0.29) is 23.7 Å². The number of hydrogen-bond acceptors (Lipinski definition) is 2. The van der Waals surface area contributed by atoms with Crippen molar-refractivity contribution in [3.05, 3.63) is 35.4 Å². The van der Waals surface area contributed by atoms with Crippen molar-refractivity contribution in [1.82, 2.24) is 4.90 Å². The molecule has 1 aliphatic heterocycles. The molecule has 4 heteroatoms.